The van der Waals surface area contributed by atoms with Gasteiger partial charge in [0.05, 0.1) is 16.4 Å². The summed E-state index contributed by atoms with van der Waals surface area (Å²) in [5, 5.41) is 7.73. The first kappa shape index (κ1) is 47.7. The van der Waals surface area contributed by atoms with Gasteiger partial charge in [-0.1, -0.05) is 150 Å². The van der Waals surface area contributed by atoms with Crippen LogP contribution in [-0.2, 0) is 10.8 Å². The van der Waals surface area contributed by atoms with Gasteiger partial charge in [0.1, 0.15) is 22.3 Å². The molecular weight excluding hydrogens is 994 g/mol. The maximum atomic E-state index is 8.06. The molecular formula is C68H53Cl2N3O2S. The molecule has 372 valence electrons. The van der Waals surface area contributed by atoms with Crippen molar-refractivity contribution in [2.75, 3.05) is 14.7 Å². The predicted molar refractivity (Wildman–Crippen MR) is 325 cm³/mol. The summed E-state index contributed by atoms with van der Waals surface area (Å²) < 4.78 is 15.4. The fourth-order valence-corrected chi connectivity index (χ4v) is 12.3. The Balaban J connectivity index is 1.02. The molecule has 8 heteroatoms. The molecule has 0 spiro atoms. The monoisotopic (exact) mass is 1050 g/mol. The number of hydrogen-bond donors (Lipinski definition) is 0. The van der Waals surface area contributed by atoms with E-state index in [0.29, 0.717) is 15.7 Å². The number of thiophene rings is 1. The number of furan rings is 2. The van der Waals surface area contributed by atoms with Gasteiger partial charge >= 0.3 is 0 Å². The Hall–Kier alpha value is -8.00. The van der Waals surface area contributed by atoms with Crippen LogP contribution in [0.15, 0.2) is 221 Å². The van der Waals surface area contributed by atoms with E-state index in [1.165, 1.54) is 31.3 Å². The molecule has 0 aliphatic rings. The summed E-state index contributed by atoms with van der Waals surface area (Å²) in [4.78, 5) is 6.77. The first-order valence-electron chi connectivity index (χ1n) is 25.7. The average Bonchev–Trinajstić information content (AvgIpc) is 4.12. The van der Waals surface area contributed by atoms with Crippen LogP contribution in [-0.4, -0.2) is 0 Å². The Morgan fingerprint density at radius 3 is 1.38 bits per heavy atom. The fourth-order valence-electron chi connectivity index (χ4n) is 10.7. The lowest BCUT2D eigenvalue weighted by atomic mass is 9.87. The number of para-hydroxylation sites is 2. The number of fused-ring (bicyclic) bond motifs is 9. The topological polar surface area (TPSA) is 36.0 Å². The van der Waals surface area contributed by atoms with Crippen molar-refractivity contribution in [1.82, 2.24) is 0 Å². The van der Waals surface area contributed by atoms with Gasteiger partial charge in [0, 0.05) is 92.6 Å². The Labute approximate surface area is 456 Å². The van der Waals surface area contributed by atoms with Crippen molar-refractivity contribution in [3.8, 4) is 0 Å². The molecule has 13 rings (SSSR count). The SMILES string of the molecule is CC(C)(C)c1ccc(N(c2cccc(N(c3ccc4oc5ccccc5c4c3)c3ccc4sc5ccccc5c4c3)c2)c2cc(Cl)cc(N(c3ccc(C(C)(C)C)cc3)c3ccc4c(c3)oc3ccccc34)c2Cl)cc1. The van der Waals surface area contributed by atoms with Gasteiger partial charge in [0.25, 0.3) is 0 Å². The summed E-state index contributed by atoms with van der Waals surface area (Å²) >= 11 is 17.3. The van der Waals surface area contributed by atoms with Crippen LogP contribution in [0, 0.1) is 0 Å². The predicted octanol–water partition coefficient (Wildman–Crippen LogP) is 22.2. The molecule has 0 saturated carbocycles. The van der Waals surface area contributed by atoms with E-state index in [4.69, 9.17) is 32.0 Å². The van der Waals surface area contributed by atoms with Crippen LogP contribution in [0.5, 0.6) is 0 Å². The van der Waals surface area contributed by atoms with Gasteiger partial charge in [0.2, 0.25) is 0 Å². The fraction of sp³-hybridized carbons (Fsp3) is 0.118. The zero-order valence-corrected chi connectivity index (χ0v) is 45.4. The Morgan fingerprint density at radius 1 is 0.329 bits per heavy atom. The van der Waals surface area contributed by atoms with E-state index in [2.05, 4.69) is 226 Å². The lowest BCUT2D eigenvalue weighted by Crippen LogP contribution is -2.16. The highest BCUT2D eigenvalue weighted by atomic mass is 35.5. The summed E-state index contributed by atoms with van der Waals surface area (Å²) in [6, 6.07) is 74.9. The van der Waals surface area contributed by atoms with Crippen molar-refractivity contribution in [3.05, 3.63) is 233 Å². The molecule has 0 fully saturated rings. The first-order chi connectivity index (χ1) is 36.7. The largest absolute Gasteiger partial charge is 0.456 e. The second-order valence-electron chi connectivity index (χ2n) is 21.7. The molecule has 5 nitrogen and oxygen atoms in total. The summed E-state index contributed by atoms with van der Waals surface area (Å²) in [6.45, 7) is 13.4. The van der Waals surface area contributed by atoms with E-state index < -0.39 is 0 Å². The molecule has 0 unspecified atom stereocenters. The molecule has 0 saturated heterocycles. The van der Waals surface area contributed by atoms with Crippen LogP contribution >= 0.6 is 34.5 Å². The molecule has 0 N–H and O–H groups in total. The van der Waals surface area contributed by atoms with Crippen molar-refractivity contribution in [2.45, 2.75) is 52.4 Å². The number of rotatable bonds is 9. The molecule has 13 aromatic rings. The second-order valence-corrected chi connectivity index (χ2v) is 23.6. The van der Waals surface area contributed by atoms with Gasteiger partial charge in [-0.2, -0.15) is 0 Å². The molecule has 3 aromatic heterocycles. The Morgan fingerprint density at radius 2 is 0.763 bits per heavy atom. The third-order valence-electron chi connectivity index (χ3n) is 14.7. The molecule has 0 amide bonds. The summed E-state index contributed by atoms with van der Waals surface area (Å²) in [5.74, 6) is 0. The highest BCUT2D eigenvalue weighted by Gasteiger charge is 2.27. The van der Waals surface area contributed by atoms with Crippen molar-refractivity contribution >= 4 is 150 Å². The number of anilines is 9. The van der Waals surface area contributed by atoms with Crippen molar-refractivity contribution < 1.29 is 8.83 Å². The highest BCUT2D eigenvalue weighted by Crippen LogP contribution is 2.51. The third kappa shape index (κ3) is 8.42. The van der Waals surface area contributed by atoms with E-state index in [1.807, 2.05) is 53.8 Å². The van der Waals surface area contributed by atoms with Crippen LogP contribution in [0.1, 0.15) is 52.7 Å². The number of benzene rings is 10. The maximum absolute atomic E-state index is 8.06. The molecule has 76 heavy (non-hydrogen) atoms. The van der Waals surface area contributed by atoms with Crippen LogP contribution in [0.2, 0.25) is 10.0 Å². The molecule has 0 atom stereocenters. The van der Waals surface area contributed by atoms with E-state index >= 15 is 0 Å². The smallest absolute Gasteiger partial charge is 0.137 e. The Bertz CT molecular complexity index is 4250. The van der Waals surface area contributed by atoms with Crippen LogP contribution in [0.4, 0.5) is 51.2 Å². The van der Waals surface area contributed by atoms with E-state index in [1.54, 1.807) is 0 Å². The van der Waals surface area contributed by atoms with Crippen molar-refractivity contribution in [3.63, 3.8) is 0 Å². The first-order valence-corrected chi connectivity index (χ1v) is 27.3. The lowest BCUT2D eigenvalue weighted by molar-refractivity contribution is 0.590. The minimum Gasteiger partial charge on any atom is -0.456 e. The second kappa shape index (κ2) is 18.4. The summed E-state index contributed by atoms with van der Waals surface area (Å²) in [6.07, 6.45) is 0. The summed E-state index contributed by atoms with van der Waals surface area (Å²) in [7, 11) is 0. The van der Waals surface area contributed by atoms with Crippen molar-refractivity contribution in [1.29, 1.82) is 0 Å². The molecule has 3 heterocycles. The molecule has 0 aliphatic carbocycles. The van der Waals surface area contributed by atoms with Gasteiger partial charge in [-0.3, -0.25) is 0 Å². The maximum Gasteiger partial charge on any atom is 0.137 e. The summed E-state index contributed by atoms with van der Waals surface area (Å²) in [5.41, 5.74) is 13.7. The van der Waals surface area contributed by atoms with Crippen LogP contribution in [0.25, 0.3) is 64.0 Å². The van der Waals surface area contributed by atoms with Crippen LogP contribution < -0.4 is 14.7 Å². The number of halogens is 2. The van der Waals surface area contributed by atoms with E-state index in [9.17, 15) is 0 Å². The standard InChI is InChI=1S/C68H53Cl2N3O2S/c1-67(2,3)42-22-26-45(27-23-42)72(58-36-44(69)37-59(66(58)70)73(46-28-24-43(25-29-46)68(4,5)6)51-30-33-54-52-16-7-10-19-60(52)75-63(54)41-51)48-15-13-14-47(38-48)71(49-31-34-62-56(39-49)53-17-8-11-20-61(53)74-62)50-32-35-65-57(40-50)55-18-9-12-21-64(55)76-65/h7-41H,1-6H3. The highest BCUT2D eigenvalue weighted by molar-refractivity contribution is 7.25. The zero-order valence-electron chi connectivity index (χ0n) is 43.0. The molecule has 10 aromatic carbocycles. The Kier molecular flexibility index (Phi) is 11.5. The van der Waals surface area contributed by atoms with E-state index in [0.717, 1.165) is 89.4 Å². The molecule has 0 radical (unpaired) electrons. The quantitative estimate of drug-likeness (QED) is 0.144. The third-order valence-corrected chi connectivity index (χ3v) is 16.4. The van der Waals surface area contributed by atoms with Crippen molar-refractivity contribution in [2.24, 2.45) is 0 Å². The van der Waals surface area contributed by atoms with Gasteiger partial charge in [0.15, 0.2) is 0 Å². The number of nitrogens with zero attached hydrogens (tertiary/aromatic N) is 3. The van der Waals surface area contributed by atoms with Gasteiger partial charge in [-0.05, 0) is 143 Å². The lowest BCUT2D eigenvalue weighted by Gasteiger charge is -2.33. The molecule has 0 bridgehead atoms. The van der Waals surface area contributed by atoms with Crippen LogP contribution in [0.3, 0.4) is 0 Å². The van der Waals surface area contributed by atoms with Gasteiger partial charge < -0.3 is 23.5 Å². The zero-order chi connectivity index (χ0) is 52.0. The average molecular weight is 1050 g/mol. The normalized spacial score (nSPS) is 12.2. The minimum absolute atomic E-state index is 0.0456. The number of hydrogen-bond acceptors (Lipinski definition) is 6. The van der Waals surface area contributed by atoms with Gasteiger partial charge in [-0.15, -0.1) is 11.3 Å². The minimum atomic E-state index is -0.0646. The molecule has 0 aliphatic heterocycles. The van der Waals surface area contributed by atoms with E-state index in [-0.39, 0.29) is 10.8 Å². The van der Waals surface area contributed by atoms with Gasteiger partial charge in [-0.25, -0.2) is 0 Å².